The van der Waals surface area contributed by atoms with E-state index in [0.717, 1.165) is 25.1 Å². The van der Waals surface area contributed by atoms with Gasteiger partial charge in [-0.1, -0.05) is 24.3 Å². The van der Waals surface area contributed by atoms with E-state index < -0.39 is 6.10 Å². The number of benzene rings is 2. The summed E-state index contributed by atoms with van der Waals surface area (Å²) in [7, 11) is 0. The van der Waals surface area contributed by atoms with Crippen LogP contribution in [0.2, 0.25) is 0 Å². The molecule has 3 rings (SSSR count). The van der Waals surface area contributed by atoms with Gasteiger partial charge in [-0.15, -0.1) is 0 Å². The predicted molar refractivity (Wildman–Crippen MR) is 98.0 cm³/mol. The van der Waals surface area contributed by atoms with Crippen molar-refractivity contribution in [1.29, 1.82) is 0 Å². The number of hydrogen-bond acceptors (Lipinski definition) is 3. The molecule has 5 nitrogen and oxygen atoms in total. The molecule has 2 atom stereocenters. The Balaban J connectivity index is 1.62. The van der Waals surface area contributed by atoms with E-state index in [9.17, 15) is 9.90 Å². The van der Waals surface area contributed by atoms with E-state index in [1.54, 1.807) is 17.9 Å². The number of urea groups is 1. The number of amides is 2. The fourth-order valence-corrected chi connectivity index (χ4v) is 3.05. The molecule has 1 saturated heterocycles. The maximum absolute atomic E-state index is 12.5. The van der Waals surface area contributed by atoms with Crippen molar-refractivity contribution >= 4 is 11.7 Å². The van der Waals surface area contributed by atoms with Crippen LogP contribution in [0.3, 0.4) is 0 Å². The summed E-state index contributed by atoms with van der Waals surface area (Å²) in [4.78, 5) is 14.3. The number of nitrogens with zero attached hydrogens (tertiary/aromatic N) is 1. The predicted octanol–water partition coefficient (Wildman–Crippen LogP) is 4.10. The van der Waals surface area contributed by atoms with Crippen molar-refractivity contribution in [3.8, 4) is 11.5 Å². The Morgan fingerprint density at radius 1 is 1.20 bits per heavy atom. The van der Waals surface area contributed by atoms with Gasteiger partial charge in [0.1, 0.15) is 11.5 Å². The van der Waals surface area contributed by atoms with Crippen LogP contribution in [0.15, 0.2) is 54.6 Å². The summed E-state index contributed by atoms with van der Waals surface area (Å²) in [6.07, 6.45) is 1.49. The van der Waals surface area contributed by atoms with Gasteiger partial charge in [-0.2, -0.15) is 0 Å². The molecule has 2 aromatic rings. The molecule has 25 heavy (non-hydrogen) atoms. The first-order chi connectivity index (χ1) is 12.1. The second-order valence-corrected chi connectivity index (χ2v) is 6.46. The monoisotopic (exact) mass is 340 g/mol. The third kappa shape index (κ3) is 4.73. The Morgan fingerprint density at radius 2 is 1.96 bits per heavy atom. The van der Waals surface area contributed by atoms with Crippen LogP contribution in [0, 0.1) is 5.92 Å². The van der Waals surface area contributed by atoms with Crippen molar-refractivity contribution in [3.05, 3.63) is 54.6 Å². The lowest BCUT2D eigenvalue weighted by Gasteiger charge is -2.34. The Morgan fingerprint density at radius 3 is 2.72 bits per heavy atom. The molecule has 2 aromatic carbocycles. The van der Waals surface area contributed by atoms with E-state index in [1.807, 2.05) is 48.5 Å². The van der Waals surface area contributed by atoms with E-state index in [4.69, 9.17) is 4.74 Å². The number of nitrogens with one attached hydrogen (secondary N) is 1. The van der Waals surface area contributed by atoms with Gasteiger partial charge in [0.2, 0.25) is 0 Å². The minimum Gasteiger partial charge on any atom is -0.457 e. The molecule has 0 saturated carbocycles. The highest BCUT2D eigenvalue weighted by Crippen LogP contribution is 2.25. The number of anilines is 1. The zero-order valence-corrected chi connectivity index (χ0v) is 14.4. The van der Waals surface area contributed by atoms with Crippen molar-refractivity contribution in [2.45, 2.75) is 25.9 Å². The molecule has 2 N–H and O–H groups in total. The molecule has 0 aromatic heterocycles. The summed E-state index contributed by atoms with van der Waals surface area (Å²) < 4.78 is 5.80. The molecule has 0 bridgehead atoms. The van der Waals surface area contributed by atoms with Crippen LogP contribution in [0.5, 0.6) is 11.5 Å². The maximum atomic E-state index is 12.5. The summed E-state index contributed by atoms with van der Waals surface area (Å²) in [6, 6.07) is 16.7. The van der Waals surface area contributed by atoms with E-state index >= 15 is 0 Å². The van der Waals surface area contributed by atoms with E-state index in [1.165, 1.54) is 0 Å². The first kappa shape index (κ1) is 17.3. The topological polar surface area (TPSA) is 61.8 Å². The van der Waals surface area contributed by atoms with Crippen molar-refractivity contribution < 1.29 is 14.6 Å². The molecule has 132 valence electrons. The summed E-state index contributed by atoms with van der Waals surface area (Å²) >= 11 is 0. The van der Waals surface area contributed by atoms with E-state index in [-0.39, 0.29) is 11.9 Å². The van der Waals surface area contributed by atoms with Crippen LogP contribution in [0.25, 0.3) is 0 Å². The van der Waals surface area contributed by atoms with Crippen LogP contribution in [0.1, 0.15) is 19.8 Å². The van der Waals surface area contributed by atoms with Crippen LogP contribution in [-0.2, 0) is 0 Å². The number of ether oxygens (including phenoxy) is 1. The highest BCUT2D eigenvalue weighted by atomic mass is 16.5. The normalized spacial score (nSPS) is 18.5. The third-order valence-electron chi connectivity index (χ3n) is 4.49. The van der Waals surface area contributed by atoms with Crippen LogP contribution in [0.4, 0.5) is 10.5 Å². The number of hydrogen-bond donors (Lipinski definition) is 2. The van der Waals surface area contributed by atoms with Gasteiger partial charge in [-0.25, -0.2) is 4.79 Å². The number of rotatable bonds is 4. The lowest BCUT2D eigenvalue weighted by molar-refractivity contribution is 0.0766. The number of carbonyl (C=O) groups excluding carboxylic acids is 1. The molecule has 0 aliphatic carbocycles. The van der Waals surface area contributed by atoms with Crippen molar-refractivity contribution in [2.75, 3.05) is 18.4 Å². The second-order valence-electron chi connectivity index (χ2n) is 6.46. The summed E-state index contributed by atoms with van der Waals surface area (Å²) in [6.45, 7) is 3.09. The van der Waals surface area contributed by atoms with Crippen molar-refractivity contribution in [2.24, 2.45) is 5.92 Å². The smallest absolute Gasteiger partial charge is 0.321 e. The highest BCUT2D eigenvalue weighted by molar-refractivity contribution is 5.89. The number of para-hydroxylation sites is 1. The number of piperidine rings is 1. The molecule has 1 fully saturated rings. The van der Waals surface area contributed by atoms with Gasteiger partial charge >= 0.3 is 6.03 Å². The molecule has 1 heterocycles. The average molecular weight is 340 g/mol. The van der Waals surface area contributed by atoms with Crippen molar-refractivity contribution in [1.82, 2.24) is 4.90 Å². The largest absolute Gasteiger partial charge is 0.457 e. The van der Waals surface area contributed by atoms with Gasteiger partial charge in [0.15, 0.2) is 0 Å². The molecular formula is C20H24N2O3. The van der Waals surface area contributed by atoms with Crippen LogP contribution < -0.4 is 10.1 Å². The summed E-state index contributed by atoms with van der Waals surface area (Å²) in [5, 5.41) is 12.7. The summed E-state index contributed by atoms with van der Waals surface area (Å²) in [5.41, 5.74) is 0.692. The molecule has 1 aliphatic heterocycles. The van der Waals surface area contributed by atoms with Gasteiger partial charge in [0.05, 0.1) is 6.10 Å². The van der Waals surface area contributed by atoms with Gasteiger partial charge in [-0.05, 0) is 44.0 Å². The molecular weight excluding hydrogens is 316 g/mol. The minimum absolute atomic E-state index is 0.137. The fourth-order valence-electron chi connectivity index (χ4n) is 3.05. The van der Waals surface area contributed by atoms with Crippen LogP contribution in [-0.4, -0.2) is 35.2 Å². The van der Waals surface area contributed by atoms with E-state index in [0.29, 0.717) is 18.0 Å². The number of aliphatic hydroxyl groups excluding tert-OH is 1. The molecule has 0 unspecified atom stereocenters. The summed E-state index contributed by atoms with van der Waals surface area (Å²) in [5.74, 6) is 1.57. The third-order valence-corrected chi connectivity index (χ3v) is 4.49. The lowest BCUT2D eigenvalue weighted by Crippen LogP contribution is -2.44. The van der Waals surface area contributed by atoms with Gasteiger partial charge in [-0.3, -0.25) is 0 Å². The number of carbonyl (C=O) groups is 1. The van der Waals surface area contributed by atoms with Gasteiger partial charge < -0.3 is 20.1 Å². The average Bonchev–Trinajstić information content (AvgIpc) is 2.63. The highest BCUT2D eigenvalue weighted by Gasteiger charge is 2.26. The van der Waals surface area contributed by atoms with E-state index in [2.05, 4.69) is 5.32 Å². The zero-order valence-electron chi connectivity index (χ0n) is 14.4. The van der Waals surface area contributed by atoms with Gasteiger partial charge in [0.25, 0.3) is 0 Å². The number of aliphatic hydroxyl groups is 1. The minimum atomic E-state index is -0.391. The quantitative estimate of drug-likeness (QED) is 0.881. The zero-order chi connectivity index (χ0) is 17.6. The molecule has 2 amide bonds. The first-order valence-corrected chi connectivity index (χ1v) is 8.69. The Kier molecular flexibility index (Phi) is 5.56. The molecule has 5 heteroatoms. The molecule has 0 spiro atoms. The lowest BCUT2D eigenvalue weighted by atomic mass is 9.94. The Labute approximate surface area is 148 Å². The first-order valence-electron chi connectivity index (χ1n) is 8.69. The fraction of sp³-hybridized carbons (Fsp3) is 0.350. The second kappa shape index (κ2) is 8.03. The molecule has 0 radical (unpaired) electrons. The Bertz CT molecular complexity index is 703. The van der Waals surface area contributed by atoms with Crippen molar-refractivity contribution in [3.63, 3.8) is 0 Å². The van der Waals surface area contributed by atoms with Crippen LogP contribution >= 0.6 is 0 Å². The number of likely N-dealkylation sites (tertiary alicyclic amines) is 1. The molecule has 1 aliphatic rings. The van der Waals surface area contributed by atoms with Gasteiger partial charge in [0, 0.05) is 30.8 Å². The standard InChI is InChI=1S/C20H24N2O3/c1-15(23)16-7-6-12-22(14-16)20(24)21-17-8-5-11-19(13-17)25-18-9-3-2-4-10-18/h2-5,8-11,13,15-16,23H,6-7,12,14H2,1H3,(H,21,24)/t15-,16+/m1/s1. The Hall–Kier alpha value is -2.53. The SMILES string of the molecule is C[C@@H](O)[C@H]1CCCN(C(=O)Nc2cccc(Oc3ccccc3)c2)C1. The maximum Gasteiger partial charge on any atom is 0.321 e.